The molecule has 0 aliphatic heterocycles. The van der Waals surface area contributed by atoms with E-state index >= 15 is 0 Å². The largest absolute Gasteiger partial charge is 0.433 e. The fraction of sp³-hybridized carbons (Fsp3) is 0.250. The number of aryl methyl sites for hydroxylation is 2. The average Bonchev–Trinajstić information content (AvgIpc) is 2.64. The van der Waals surface area contributed by atoms with Crippen molar-refractivity contribution in [1.82, 2.24) is 9.78 Å². The summed E-state index contributed by atoms with van der Waals surface area (Å²) in [5.74, 6) is -0.538. The minimum atomic E-state index is -4.53. The van der Waals surface area contributed by atoms with E-state index in [0.29, 0.717) is 5.56 Å². The van der Waals surface area contributed by atoms with Gasteiger partial charge in [-0.05, 0) is 24.1 Å². The molecule has 0 aliphatic carbocycles. The van der Waals surface area contributed by atoms with Gasteiger partial charge in [0.1, 0.15) is 11.5 Å². The number of hydrogen-bond acceptors (Lipinski definition) is 1. The Balaban J connectivity index is 2.61. The van der Waals surface area contributed by atoms with Crippen LogP contribution in [0.3, 0.4) is 0 Å². The number of rotatable bonds is 1. The molecular weight excluding hydrogens is 248 g/mol. The van der Waals surface area contributed by atoms with Crippen LogP contribution in [0.2, 0.25) is 0 Å². The van der Waals surface area contributed by atoms with E-state index in [9.17, 15) is 17.6 Å². The fourth-order valence-corrected chi connectivity index (χ4v) is 1.75. The summed E-state index contributed by atoms with van der Waals surface area (Å²) in [5.41, 5.74) is -0.454. The molecule has 96 valence electrons. The molecule has 2 rings (SSSR count). The zero-order valence-corrected chi connectivity index (χ0v) is 9.72. The van der Waals surface area contributed by atoms with Crippen LogP contribution in [0.1, 0.15) is 11.3 Å². The van der Waals surface area contributed by atoms with Gasteiger partial charge in [0.2, 0.25) is 0 Å². The second-order valence-corrected chi connectivity index (χ2v) is 3.99. The van der Waals surface area contributed by atoms with E-state index < -0.39 is 17.7 Å². The first kappa shape index (κ1) is 12.6. The van der Waals surface area contributed by atoms with E-state index in [1.54, 1.807) is 6.92 Å². The Morgan fingerprint density at radius 2 is 1.89 bits per heavy atom. The van der Waals surface area contributed by atoms with Gasteiger partial charge in [-0.2, -0.15) is 18.3 Å². The molecule has 1 aromatic heterocycles. The topological polar surface area (TPSA) is 17.8 Å². The SMILES string of the molecule is Cc1ccc(-c2cnn(C)c2C(F)(F)F)cc1F. The van der Waals surface area contributed by atoms with Crippen LogP contribution in [0.15, 0.2) is 24.4 Å². The van der Waals surface area contributed by atoms with Gasteiger partial charge in [-0.15, -0.1) is 0 Å². The maximum absolute atomic E-state index is 13.4. The quantitative estimate of drug-likeness (QED) is 0.715. The summed E-state index contributed by atoms with van der Waals surface area (Å²) in [6.07, 6.45) is -3.44. The van der Waals surface area contributed by atoms with Crippen LogP contribution in [0, 0.1) is 12.7 Å². The number of aromatic nitrogens is 2. The maximum Gasteiger partial charge on any atom is 0.433 e. The molecule has 0 spiro atoms. The molecular formula is C12H10F4N2. The number of hydrogen-bond donors (Lipinski definition) is 0. The lowest BCUT2D eigenvalue weighted by molar-refractivity contribution is -0.143. The first-order chi connectivity index (χ1) is 8.30. The Bertz CT molecular complexity index is 584. The molecule has 0 saturated carbocycles. The van der Waals surface area contributed by atoms with Crippen molar-refractivity contribution in [3.8, 4) is 11.1 Å². The minimum absolute atomic E-state index is 0.121. The van der Waals surface area contributed by atoms with E-state index in [-0.39, 0.29) is 11.1 Å². The van der Waals surface area contributed by atoms with Crippen LogP contribution in [0.5, 0.6) is 0 Å². The van der Waals surface area contributed by atoms with Crippen LogP contribution >= 0.6 is 0 Å². The number of nitrogens with zero attached hydrogens (tertiary/aromatic N) is 2. The van der Waals surface area contributed by atoms with Crippen LogP contribution in [0.25, 0.3) is 11.1 Å². The molecule has 18 heavy (non-hydrogen) atoms. The second-order valence-electron chi connectivity index (χ2n) is 3.99. The number of alkyl halides is 3. The molecule has 6 heteroatoms. The smallest absolute Gasteiger partial charge is 0.263 e. The highest BCUT2D eigenvalue weighted by Crippen LogP contribution is 2.36. The number of halogens is 4. The zero-order valence-electron chi connectivity index (χ0n) is 9.72. The predicted molar refractivity (Wildman–Crippen MR) is 58.3 cm³/mol. The van der Waals surface area contributed by atoms with Crippen molar-refractivity contribution in [1.29, 1.82) is 0 Å². The van der Waals surface area contributed by atoms with Gasteiger partial charge in [-0.25, -0.2) is 4.39 Å². The molecule has 0 bridgehead atoms. The third kappa shape index (κ3) is 2.10. The lowest BCUT2D eigenvalue weighted by Crippen LogP contribution is -2.13. The van der Waals surface area contributed by atoms with Gasteiger partial charge in [0.15, 0.2) is 0 Å². The minimum Gasteiger partial charge on any atom is -0.263 e. The molecule has 2 aromatic rings. The van der Waals surface area contributed by atoms with E-state index in [0.717, 1.165) is 16.9 Å². The van der Waals surface area contributed by atoms with Gasteiger partial charge in [-0.3, -0.25) is 4.68 Å². The van der Waals surface area contributed by atoms with Gasteiger partial charge in [0.05, 0.1) is 6.20 Å². The van der Waals surface area contributed by atoms with Crippen molar-refractivity contribution in [3.05, 3.63) is 41.5 Å². The highest BCUT2D eigenvalue weighted by Gasteiger charge is 2.37. The van der Waals surface area contributed by atoms with Gasteiger partial charge in [0, 0.05) is 12.6 Å². The van der Waals surface area contributed by atoms with E-state index in [1.807, 2.05) is 0 Å². The standard InChI is InChI=1S/C12H10F4N2/c1-7-3-4-8(5-10(7)13)9-6-17-18(2)11(9)12(14,15)16/h3-6H,1-2H3. The molecule has 1 heterocycles. The fourth-order valence-electron chi connectivity index (χ4n) is 1.75. The third-order valence-electron chi connectivity index (χ3n) is 2.69. The molecule has 0 fully saturated rings. The summed E-state index contributed by atoms with van der Waals surface area (Å²) in [6.45, 7) is 1.55. The Morgan fingerprint density at radius 1 is 1.22 bits per heavy atom. The van der Waals surface area contributed by atoms with E-state index in [1.165, 1.54) is 19.2 Å². The Morgan fingerprint density at radius 3 is 2.44 bits per heavy atom. The summed E-state index contributed by atoms with van der Waals surface area (Å²) in [6, 6.07) is 3.98. The van der Waals surface area contributed by atoms with Crippen LogP contribution in [-0.4, -0.2) is 9.78 Å². The molecule has 0 saturated heterocycles. The zero-order chi connectivity index (χ0) is 13.5. The lowest BCUT2D eigenvalue weighted by atomic mass is 10.0. The van der Waals surface area contributed by atoms with Crippen molar-refractivity contribution >= 4 is 0 Å². The summed E-state index contributed by atoms with van der Waals surface area (Å²) >= 11 is 0. The van der Waals surface area contributed by atoms with Gasteiger partial charge >= 0.3 is 6.18 Å². The normalized spacial score (nSPS) is 11.9. The van der Waals surface area contributed by atoms with Crippen molar-refractivity contribution in [2.24, 2.45) is 7.05 Å². The molecule has 0 amide bonds. The van der Waals surface area contributed by atoms with Crippen molar-refractivity contribution in [3.63, 3.8) is 0 Å². The van der Waals surface area contributed by atoms with Gasteiger partial charge in [0.25, 0.3) is 0 Å². The molecule has 0 aliphatic rings. The molecule has 0 radical (unpaired) electrons. The molecule has 0 unspecified atom stereocenters. The van der Waals surface area contributed by atoms with E-state index in [2.05, 4.69) is 5.10 Å². The monoisotopic (exact) mass is 258 g/mol. The molecule has 1 aromatic carbocycles. The summed E-state index contributed by atoms with van der Waals surface area (Å²) in [4.78, 5) is 0. The first-order valence-electron chi connectivity index (χ1n) is 5.16. The van der Waals surface area contributed by atoms with Crippen LogP contribution in [0.4, 0.5) is 17.6 Å². The second kappa shape index (κ2) is 4.12. The predicted octanol–water partition coefficient (Wildman–Crippen LogP) is 3.55. The lowest BCUT2D eigenvalue weighted by Gasteiger charge is -2.10. The Hall–Kier alpha value is -1.85. The average molecular weight is 258 g/mol. The number of benzene rings is 1. The summed E-state index contributed by atoms with van der Waals surface area (Å²) in [7, 11) is 1.21. The highest BCUT2D eigenvalue weighted by molar-refractivity contribution is 5.66. The van der Waals surface area contributed by atoms with Gasteiger partial charge < -0.3 is 0 Å². The Kier molecular flexibility index (Phi) is 2.88. The Labute approximate surface area is 101 Å². The summed E-state index contributed by atoms with van der Waals surface area (Å²) < 4.78 is 52.7. The third-order valence-corrected chi connectivity index (χ3v) is 2.69. The molecule has 0 N–H and O–H groups in total. The molecule has 2 nitrogen and oxygen atoms in total. The van der Waals surface area contributed by atoms with Crippen molar-refractivity contribution < 1.29 is 17.6 Å². The summed E-state index contributed by atoms with van der Waals surface area (Å²) in [5, 5.41) is 3.59. The highest BCUT2D eigenvalue weighted by atomic mass is 19.4. The van der Waals surface area contributed by atoms with Crippen molar-refractivity contribution in [2.75, 3.05) is 0 Å². The first-order valence-corrected chi connectivity index (χ1v) is 5.16. The van der Waals surface area contributed by atoms with Gasteiger partial charge in [-0.1, -0.05) is 12.1 Å². The van der Waals surface area contributed by atoms with Crippen LogP contribution < -0.4 is 0 Å². The van der Waals surface area contributed by atoms with Crippen LogP contribution in [-0.2, 0) is 13.2 Å². The molecule has 0 atom stereocenters. The van der Waals surface area contributed by atoms with Crippen molar-refractivity contribution in [2.45, 2.75) is 13.1 Å². The maximum atomic E-state index is 13.4. The van der Waals surface area contributed by atoms with E-state index in [4.69, 9.17) is 0 Å².